The molecule has 106 valence electrons. The third-order valence-corrected chi connectivity index (χ3v) is 3.96. The van der Waals surface area contributed by atoms with Gasteiger partial charge in [-0.3, -0.25) is 4.79 Å². The molecule has 0 spiro atoms. The van der Waals surface area contributed by atoms with Crippen LogP contribution in [0.25, 0.3) is 0 Å². The Morgan fingerprint density at radius 2 is 1.95 bits per heavy atom. The van der Waals surface area contributed by atoms with Gasteiger partial charge in [-0.2, -0.15) is 5.26 Å². The van der Waals surface area contributed by atoms with Crippen molar-refractivity contribution >= 4 is 23.2 Å². The minimum Gasteiger partial charge on any atom is -0.398 e. The predicted molar refractivity (Wildman–Crippen MR) is 82.6 cm³/mol. The average molecular weight is 300 g/mol. The predicted octanol–water partition coefficient (Wildman–Crippen LogP) is 3.57. The van der Waals surface area contributed by atoms with E-state index in [1.165, 1.54) is 36.0 Å². The minimum absolute atomic E-state index is 0.285. The number of nitrogen functional groups attached to an aromatic ring is 1. The second-order valence-corrected chi connectivity index (χ2v) is 5.33. The van der Waals surface area contributed by atoms with Gasteiger partial charge in [0.2, 0.25) is 0 Å². The molecule has 0 radical (unpaired) electrons. The van der Waals surface area contributed by atoms with Crippen molar-refractivity contribution in [1.82, 2.24) is 0 Å². The SMILES string of the molecule is CSC(C#N)c1cccc(C(=O)c2ccc(F)cc2)c1N. The number of thioether (sulfide) groups is 1. The van der Waals surface area contributed by atoms with Crippen LogP contribution in [0.3, 0.4) is 0 Å². The number of nitriles is 1. The summed E-state index contributed by atoms with van der Waals surface area (Å²) >= 11 is 1.35. The van der Waals surface area contributed by atoms with Gasteiger partial charge in [0.15, 0.2) is 5.78 Å². The Morgan fingerprint density at radius 1 is 1.29 bits per heavy atom. The maximum Gasteiger partial charge on any atom is 0.195 e. The van der Waals surface area contributed by atoms with Crippen LogP contribution in [0.4, 0.5) is 10.1 Å². The van der Waals surface area contributed by atoms with Crippen LogP contribution in [0, 0.1) is 17.1 Å². The standard InChI is InChI=1S/C16H13FN2OS/c1-21-14(9-18)12-3-2-4-13(15(12)19)16(20)10-5-7-11(17)8-6-10/h2-8,14H,19H2,1H3. The molecule has 2 aromatic carbocycles. The number of ketones is 1. The fourth-order valence-electron chi connectivity index (χ4n) is 2.02. The van der Waals surface area contributed by atoms with Gasteiger partial charge in [0.1, 0.15) is 11.1 Å². The summed E-state index contributed by atoms with van der Waals surface area (Å²) in [4.78, 5) is 12.4. The molecule has 1 atom stereocenters. The summed E-state index contributed by atoms with van der Waals surface area (Å²) in [6, 6.07) is 12.5. The lowest BCUT2D eigenvalue weighted by molar-refractivity contribution is 0.103. The average Bonchev–Trinajstić information content (AvgIpc) is 2.50. The zero-order valence-electron chi connectivity index (χ0n) is 11.3. The summed E-state index contributed by atoms with van der Waals surface area (Å²) in [6.07, 6.45) is 1.81. The zero-order chi connectivity index (χ0) is 15.4. The third kappa shape index (κ3) is 3.06. The number of anilines is 1. The van der Waals surface area contributed by atoms with Crippen LogP contribution in [0.15, 0.2) is 42.5 Å². The molecule has 0 bridgehead atoms. The molecule has 0 aliphatic rings. The molecule has 21 heavy (non-hydrogen) atoms. The summed E-state index contributed by atoms with van der Waals surface area (Å²) in [7, 11) is 0. The highest BCUT2D eigenvalue weighted by Crippen LogP contribution is 2.32. The van der Waals surface area contributed by atoms with Gasteiger partial charge in [-0.15, -0.1) is 11.8 Å². The number of benzene rings is 2. The summed E-state index contributed by atoms with van der Waals surface area (Å²) < 4.78 is 12.9. The molecule has 3 nitrogen and oxygen atoms in total. The molecule has 0 aliphatic carbocycles. The van der Waals surface area contributed by atoms with E-state index in [0.29, 0.717) is 22.4 Å². The highest BCUT2D eigenvalue weighted by molar-refractivity contribution is 7.99. The molecule has 0 amide bonds. The maximum absolute atomic E-state index is 12.9. The zero-order valence-corrected chi connectivity index (χ0v) is 12.2. The first-order valence-corrected chi connectivity index (χ1v) is 7.48. The van der Waals surface area contributed by atoms with Crippen molar-refractivity contribution in [3.63, 3.8) is 0 Å². The number of carbonyl (C=O) groups is 1. The van der Waals surface area contributed by atoms with Gasteiger partial charge < -0.3 is 5.73 Å². The quantitative estimate of drug-likeness (QED) is 0.692. The maximum atomic E-state index is 12.9. The van der Waals surface area contributed by atoms with E-state index in [2.05, 4.69) is 6.07 Å². The first kappa shape index (κ1) is 15.1. The molecule has 0 saturated heterocycles. The van der Waals surface area contributed by atoms with Crippen LogP contribution in [-0.4, -0.2) is 12.0 Å². The van der Waals surface area contributed by atoms with Crippen molar-refractivity contribution in [1.29, 1.82) is 5.26 Å². The normalized spacial score (nSPS) is 11.7. The molecule has 0 heterocycles. The number of hydrogen-bond acceptors (Lipinski definition) is 4. The van der Waals surface area contributed by atoms with Crippen molar-refractivity contribution in [2.24, 2.45) is 0 Å². The number of para-hydroxylation sites is 1. The number of halogens is 1. The Bertz CT molecular complexity index is 707. The van der Waals surface area contributed by atoms with E-state index in [-0.39, 0.29) is 5.78 Å². The molecule has 0 aliphatic heterocycles. The van der Waals surface area contributed by atoms with Crippen LogP contribution < -0.4 is 5.73 Å². The van der Waals surface area contributed by atoms with E-state index in [4.69, 9.17) is 11.0 Å². The Morgan fingerprint density at radius 3 is 2.52 bits per heavy atom. The van der Waals surface area contributed by atoms with Crippen LogP contribution in [0.1, 0.15) is 26.7 Å². The van der Waals surface area contributed by atoms with Crippen molar-refractivity contribution < 1.29 is 9.18 Å². The van der Waals surface area contributed by atoms with E-state index in [9.17, 15) is 9.18 Å². The lowest BCUT2D eigenvalue weighted by atomic mass is 9.98. The molecule has 5 heteroatoms. The molecule has 1 unspecified atom stereocenters. The third-order valence-electron chi connectivity index (χ3n) is 3.13. The lowest BCUT2D eigenvalue weighted by Crippen LogP contribution is -2.08. The fraction of sp³-hybridized carbons (Fsp3) is 0.125. The van der Waals surface area contributed by atoms with Crippen LogP contribution in [-0.2, 0) is 0 Å². The molecular weight excluding hydrogens is 287 g/mol. The van der Waals surface area contributed by atoms with E-state index >= 15 is 0 Å². The topological polar surface area (TPSA) is 66.9 Å². The van der Waals surface area contributed by atoms with E-state index in [1.807, 2.05) is 6.26 Å². The summed E-state index contributed by atoms with van der Waals surface area (Å²) in [5, 5.41) is 8.70. The first-order valence-electron chi connectivity index (χ1n) is 6.19. The number of hydrogen-bond donors (Lipinski definition) is 1. The Kier molecular flexibility index (Phi) is 4.61. The summed E-state index contributed by atoms with van der Waals surface area (Å²) in [5.41, 5.74) is 7.65. The number of carbonyl (C=O) groups excluding carboxylic acids is 1. The van der Waals surface area contributed by atoms with Gasteiger partial charge in [0.25, 0.3) is 0 Å². The first-order chi connectivity index (χ1) is 10.1. The second kappa shape index (κ2) is 6.42. The molecule has 2 rings (SSSR count). The highest BCUT2D eigenvalue weighted by Gasteiger charge is 2.19. The van der Waals surface area contributed by atoms with Crippen LogP contribution in [0.5, 0.6) is 0 Å². The lowest BCUT2D eigenvalue weighted by Gasteiger charge is -2.13. The monoisotopic (exact) mass is 300 g/mol. The molecule has 2 N–H and O–H groups in total. The van der Waals surface area contributed by atoms with Crippen LogP contribution >= 0.6 is 11.8 Å². The highest BCUT2D eigenvalue weighted by atomic mass is 32.2. The van der Waals surface area contributed by atoms with Gasteiger partial charge in [-0.1, -0.05) is 12.1 Å². The molecule has 0 fully saturated rings. The van der Waals surface area contributed by atoms with Crippen molar-refractivity contribution in [2.75, 3.05) is 12.0 Å². The van der Waals surface area contributed by atoms with Gasteiger partial charge in [-0.25, -0.2) is 4.39 Å². The van der Waals surface area contributed by atoms with E-state index < -0.39 is 11.1 Å². The second-order valence-electron chi connectivity index (χ2n) is 4.39. The Hall–Kier alpha value is -2.32. The van der Waals surface area contributed by atoms with Crippen molar-refractivity contribution in [3.8, 4) is 6.07 Å². The van der Waals surface area contributed by atoms with Crippen LogP contribution in [0.2, 0.25) is 0 Å². The molecular formula is C16H13FN2OS. The summed E-state index contributed by atoms with van der Waals surface area (Å²) in [5.74, 6) is -0.688. The van der Waals surface area contributed by atoms with Gasteiger partial charge in [0, 0.05) is 22.4 Å². The number of rotatable bonds is 4. The van der Waals surface area contributed by atoms with Gasteiger partial charge in [0.05, 0.1) is 6.07 Å². The molecule has 2 aromatic rings. The Labute approximate surface area is 126 Å². The molecule has 0 aromatic heterocycles. The summed E-state index contributed by atoms with van der Waals surface area (Å²) in [6.45, 7) is 0. The smallest absolute Gasteiger partial charge is 0.195 e. The number of nitrogens with zero attached hydrogens (tertiary/aromatic N) is 1. The minimum atomic E-state index is -0.425. The number of nitrogens with two attached hydrogens (primary N) is 1. The van der Waals surface area contributed by atoms with Gasteiger partial charge >= 0.3 is 0 Å². The largest absolute Gasteiger partial charge is 0.398 e. The molecule has 0 saturated carbocycles. The van der Waals surface area contributed by atoms with Crippen molar-refractivity contribution in [3.05, 3.63) is 65.0 Å². The fourth-order valence-corrected chi connectivity index (χ4v) is 2.58. The Balaban J connectivity index is 2.45. The van der Waals surface area contributed by atoms with Crippen molar-refractivity contribution in [2.45, 2.75) is 5.25 Å². The van der Waals surface area contributed by atoms with E-state index in [0.717, 1.165) is 0 Å². The van der Waals surface area contributed by atoms with E-state index in [1.54, 1.807) is 18.2 Å². The van der Waals surface area contributed by atoms with Gasteiger partial charge in [-0.05, 0) is 36.6 Å².